The van der Waals surface area contributed by atoms with Gasteiger partial charge in [-0.2, -0.15) is 0 Å². The lowest BCUT2D eigenvalue weighted by Crippen LogP contribution is -2.14. The molecule has 11 heteroatoms. The molecule has 4 aromatic rings. The highest BCUT2D eigenvalue weighted by Crippen LogP contribution is 2.39. The Morgan fingerprint density at radius 1 is 1.31 bits per heavy atom. The highest BCUT2D eigenvalue weighted by Gasteiger charge is 2.19. The number of anilines is 2. The van der Waals surface area contributed by atoms with Gasteiger partial charge in [0.05, 0.1) is 27.0 Å². The van der Waals surface area contributed by atoms with Crippen LogP contribution in [0.15, 0.2) is 41.7 Å². The summed E-state index contributed by atoms with van der Waals surface area (Å²) in [5.74, 6) is 0.567. The zero-order valence-electron chi connectivity index (χ0n) is 15.0. The summed E-state index contributed by atoms with van der Waals surface area (Å²) < 4.78 is 1.81. The van der Waals surface area contributed by atoms with Crippen molar-refractivity contribution in [3.8, 4) is 10.7 Å². The zero-order valence-corrected chi connectivity index (χ0v) is 18.2. The fraction of sp³-hybridized carbons (Fsp3) is 0.111. The summed E-state index contributed by atoms with van der Waals surface area (Å²) in [7, 11) is 1.84. The number of benzene rings is 1. The van der Waals surface area contributed by atoms with Gasteiger partial charge in [0, 0.05) is 23.7 Å². The summed E-state index contributed by atoms with van der Waals surface area (Å²) in [5, 5.41) is 13.6. The van der Waals surface area contributed by atoms with Crippen LogP contribution in [0.3, 0.4) is 0 Å². The van der Waals surface area contributed by atoms with Gasteiger partial charge in [-0.25, -0.2) is 4.98 Å². The van der Waals surface area contributed by atoms with Gasteiger partial charge >= 0.3 is 0 Å². The second-order valence-corrected chi connectivity index (χ2v) is 8.81. The molecule has 148 valence electrons. The Bertz CT molecular complexity index is 1220. The third-order valence-electron chi connectivity index (χ3n) is 4.08. The van der Waals surface area contributed by atoms with Gasteiger partial charge in [0.25, 0.3) is 0 Å². The molecular weight excluding hydrogens is 451 g/mol. The molecule has 4 rings (SSSR count). The lowest BCUT2D eigenvalue weighted by Gasteiger charge is -2.07. The quantitative estimate of drug-likeness (QED) is 0.414. The van der Waals surface area contributed by atoms with Gasteiger partial charge in [-0.15, -0.1) is 21.5 Å². The van der Waals surface area contributed by atoms with Crippen LogP contribution in [0.5, 0.6) is 0 Å². The predicted molar refractivity (Wildman–Crippen MR) is 120 cm³/mol. The van der Waals surface area contributed by atoms with Gasteiger partial charge in [-0.05, 0) is 30.3 Å². The topological polar surface area (TPSA) is 98.7 Å². The number of nitrogens with two attached hydrogens (primary N) is 1. The molecule has 0 spiro atoms. The number of thioether (sulfide) groups is 1. The lowest BCUT2D eigenvalue weighted by molar-refractivity contribution is -0.113. The fourth-order valence-corrected chi connectivity index (χ4v) is 4.91. The molecule has 7 nitrogen and oxygen atoms in total. The van der Waals surface area contributed by atoms with Crippen molar-refractivity contribution in [2.45, 2.75) is 5.16 Å². The van der Waals surface area contributed by atoms with Crippen molar-refractivity contribution in [2.24, 2.45) is 7.05 Å². The largest absolute Gasteiger partial charge is 0.397 e. The number of nitrogens with one attached hydrogen (secondary N) is 1. The van der Waals surface area contributed by atoms with E-state index in [-0.39, 0.29) is 11.7 Å². The lowest BCUT2D eigenvalue weighted by atomic mass is 10.2. The first-order valence-electron chi connectivity index (χ1n) is 8.34. The van der Waals surface area contributed by atoms with Crippen LogP contribution in [0.4, 0.5) is 11.4 Å². The van der Waals surface area contributed by atoms with Crippen LogP contribution in [0.1, 0.15) is 0 Å². The molecule has 0 aliphatic heterocycles. The summed E-state index contributed by atoms with van der Waals surface area (Å²) in [6.07, 6.45) is 1.73. The van der Waals surface area contributed by atoms with Gasteiger partial charge in [0.2, 0.25) is 5.91 Å². The van der Waals surface area contributed by atoms with E-state index >= 15 is 0 Å². The van der Waals surface area contributed by atoms with E-state index in [1.165, 1.54) is 23.1 Å². The average Bonchev–Trinajstić information content (AvgIpc) is 3.22. The molecule has 0 radical (unpaired) electrons. The van der Waals surface area contributed by atoms with Gasteiger partial charge in [-0.1, -0.05) is 35.0 Å². The highest BCUT2D eigenvalue weighted by atomic mass is 35.5. The number of amides is 1. The Morgan fingerprint density at radius 3 is 2.90 bits per heavy atom. The molecule has 3 N–H and O–H groups in total. The van der Waals surface area contributed by atoms with Gasteiger partial charge < -0.3 is 15.6 Å². The second-order valence-electron chi connectivity index (χ2n) is 6.03. The van der Waals surface area contributed by atoms with E-state index in [9.17, 15) is 4.79 Å². The third-order valence-corrected chi connectivity index (χ3v) is 6.77. The zero-order chi connectivity index (χ0) is 20.5. The van der Waals surface area contributed by atoms with Crippen molar-refractivity contribution in [1.29, 1.82) is 0 Å². The summed E-state index contributed by atoms with van der Waals surface area (Å²) in [6.45, 7) is 0. The molecule has 0 fully saturated rings. The predicted octanol–water partition coefficient (Wildman–Crippen LogP) is 4.71. The van der Waals surface area contributed by atoms with Crippen LogP contribution in [-0.4, -0.2) is 31.4 Å². The molecule has 0 saturated carbocycles. The molecule has 0 bridgehead atoms. The molecule has 0 aliphatic rings. The number of hydrogen-bond donors (Lipinski definition) is 2. The number of thiophene rings is 1. The SMILES string of the molecule is Cn1c(SCC(=O)Nc2ccc(Cl)cc2Cl)nnc1-c1sc2ncccc2c1N. The maximum absolute atomic E-state index is 12.3. The molecule has 3 heterocycles. The normalized spacial score (nSPS) is 11.1. The third kappa shape index (κ3) is 4.04. The Balaban J connectivity index is 1.48. The first kappa shape index (κ1) is 20.0. The number of pyridine rings is 1. The molecule has 29 heavy (non-hydrogen) atoms. The molecule has 0 unspecified atom stereocenters. The fourth-order valence-electron chi connectivity index (χ4n) is 2.66. The number of nitrogens with zero attached hydrogens (tertiary/aromatic N) is 4. The number of carbonyl (C=O) groups is 1. The smallest absolute Gasteiger partial charge is 0.234 e. The number of rotatable bonds is 5. The van der Waals surface area contributed by atoms with Crippen molar-refractivity contribution in [3.05, 3.63) is 46.6 Å². The van der Waals surface area contributed by atoms with E-state index < -0.39 is 0 Å². The van der Waals surface area contributed by atoms with E-state index in [4.69, 9.17) is 28.9 Å². The summed E-state index contributed by atoms with van der Waals surface area (Å²) >= 11 is 14.7. The number of carbonyl (C=O) groups excluding carboxylic acids is 1. The first-order chi connectivity index (χ1) is 13.9. The van der Waals surface area contributed by atoms with Crippen molar-refractivity contribution < 1.29 is 4.79 Å². The maximum atomic E-state index is 12.3. The minimum Gasteiger partial charge on any atom is -0.397 e. The van der Waals surface area contributed by atoms with Crippen LogP contribution in [-0.2, 0) is 11.8 Å². The molecule has 0 saturated heterocycles. The number of aromatic nitrogens is 4. The van der Waals surface area contributed by atoms with Crippen LogP contribution in [0.2, 0.25) is 10.0 Å². The minimum atomic E-state index is -0.214. The summed E-state index contributed by atoms with van der Waals surface area (Å²) in [6, 6.07) is 8.67. The second kappa shape index (κ2) is 8.19. The van der Waals surface area contributed by atoms with Gasteiger partial charge in [-0.3, -0.25) is 4.79 Å². The monoisotopic (exact) mass is 464 g/mol. The van der Waals surface area contributed by atoms with E-state index in [0.717, 1.165) is 15.1 Å². The number of fused-ring (bicyclic) bond motifs is 1. The van der Waals surface area contributed by atoms with Crippen LogP contribution >= 0.6 is 46.3 Å². The van der Waals surface area contributed by atoms with E-state index in [1.54, 1.807) is 24.4 Å². The molecular formula is C18H14Cl2N6OS2. The molecule has 1 amide bonds. The summed E-state index contributed by atoms with van der Waals surface area (Å²) in [5.41, 5.74) is 7.41. The number of nitrogen functional groups attached to an aromatic ring is 1. The van der Waals surface area contributed by atoms with E-state index in [0.29, 0.717) is 32.4 Å². The molecule has 0 aliphatic carbocycles. The Kier molecular flexibility index (Phi) is 5.64. The average molecular weight is 465 g/mol. The van der Waals surface area contributed by atoms with Crippen molar-refractivity contribution >= 4 is 73.8 Å². The highest BCUT2D eigenvalue weighted by molar-refractivity contribution is 7.99. The van der Waals surface area contributed by atoms with E-state index in [2.05, 4.69) is 20.5 Å². The van der Waals surface area contributed by atoms with Crippen LogP contribution in [0, 0.1) is 0 Å². The number of hydrogen-bond acceptors (Lipinski definition) is 7. The Morgan fingerprint density at radius 2 is 2.14 bits per heavy atom. The minimum absolute atomic E-state index is 0.147. The Hall–Kier alpha value is -2.33. The maximum Gasteiger partial charge on any atom is 0.234 e. The molecule has 1 aromatic carbocycles. The number of halogens is 2. The summed E-state index contributed by atoms with van der Waals surface area (Å²) in [4.78, 5) is 18.3. The van der Waals surface area contributed by atoms with Crippen molar-refractivity contribution in [2.75, 3.05) is 16.8 Å². The van der Waals surface area contributed by atoms with Crippen molar-refractivity contribution in [3.63, 3.8) is 0 Å². The van der Waals surface area contributed by atoms with Gasteiger partial charge in [0.15, 0.2) is 11.0 Å². The van der Waals surface area contributed by atoms with Crippen molar-refractivity contribution in [1.82, 2.24) is 19.7 Å². The first-order valence-corrected chi connectivity index (χ1v) is 10.9. The standard InChI is InChI=1S/C18H14Cl2N6OS2/c1-26-16(15-14(21)10-3-2-6-22-17(10)29-15)24-25-18(26)28-8-13(27)23-12-5-4-9(19)7-11(12)20/h2-7H,8,21H2,1H3,(H,23,27). The molecule has 0 atom stereocenters. The van der Waals surface area contributed by atoms with E-state index in [1.807, 2.05) is 23.7 Å². The van der Waals surface area contributed by atoms with Gasteiger partial charge in [0.1, 0.15) is 4.83 Å². The van der Waals surface area contributed by atoms with Crippen LogP contribution in [0.25, 0.3) is 20.9 Å². The molecule has 3 aromatic heterocycles. The van der Waals surface area contributed by atoms with Crippen LogP contribution < -0.4 is 11.1 Å². The Labute approximate surface area is 184 Å².